The number of aryl methyl sites for hydroxylation is 1. The van der Waals surface area contributed by atoms with Gasteiger partial charge in [-0.05, 0) is 14.0 Å². The van der Waals surface area contributed by atoms with Crippen molar-refractivity contribution in [3.05, 3.63) is 16.1 Å². The number of aromatic nitrogens is 1. The average Bonchev–Trinajstić information content (AvgIpc) is 2.58. The van der Waals surface area contributed by atoms with Crippen LogP contribution in [-0.4, -0.2) is 32.7 Å². The minimum Gasteiger partial charge on any atom is -0.319 e. The number of nitrogens with zero attached hydrogens (tertiary/aromatic N) is 1. The summed E-state index contributed by atoms with van der Waals surface area (Å²) in [7, 11) is -1.45. The highest BCUT2D eigenvalue weighted by atomic mass is 32.2. The van der Waals surface area contributed by atoms with Gasteiger partial charge in [0.15, 0.2) is 0 Å². The minimum absolute atomic E-state index is 0.0986. The first-order valence-electron chi connectivity index (χ1n) is 4.56. The van der Waals surface area contributed by atoms with Gasteiger partial charge in [-0.1, -0.05) is 0 Å². The molecule has 0 fully saturated rings. The summed E-state index contributed by atoms with van der Waals surface area (Å²) in [5, 5.41) is 2.80. The molecule has 0 aliphatic rings. The van der Waals surface area contributed by atoms with Crippen molar-refractivity contribution in [1.29, 1.82) is 0 Å². The Hall–Kier alpha value is -0.500. The van der Waals surface area contributed by atoms with E-state index >= 15 is 0 Å². The van der Waals surface area contributed by atoms with E-state index < -0.39 is 10.0 Å². The Labute approximate surface area is 94.0 Å². The van der Waals surface area contributed by atoms with Gasteiger partial charge in [0.1, 0.15) is 0 Å². The van der Waals surface area contributed by atoms with Crippen LogP contribution in [0.1, 0.15) is 10.6 Å². The highest BCUT2D eigenvalue weighted by Crippen LogP contribution is 2.11. The van der Waals surface area contributed by atoms with Gasteiger partial charge in [-0.25, -0.2) is 18.1 Å². The zero-order valence-electron chi connectivity index (χ0n) is 8.78. The van der Waals surface area contributed by atoms with Gasteiger partial charge in [0.2, 0.25) is 10.0 Å². The van der Waals surface area contributed by atoms with Crippen molar-refractivity contribution in [3.63, 3.8) is 0 Å². The van der Waals surface area contributed by atoms with Crippen molar-refractivity contribution in [2.75, 3.05) is 19.3 Å². The van der Waals surface area contributed by atoms with E-state index in [1.807, 2.05) is 6.92 Å². The molecule has 0 saturated carbocycles. The molecule has 0 aliphatic carbocycles. The summed E-state index contributed by atoms with van der Waals surface area (Å²) in [6.45, 7) is 2.66. The van der Waals surface area contributed by atoms with E-state index in [1.54, 1.807) is 12.6 Å². The van der Waals surface area contributed by atoms with Crippen LogP contribution >= 0.6 is 11.3 Å². The smallest absolute Gasteiger partial charge is 0.213 e. The van der Waals surface area contributed by atoms with E-state index in [4.69, 9.17) is 0 Å². The lowest BCUT2D eigenvalue weighted by Gasteiger charge is -2.05. The van der Waals surface area contributed by atoms with Crippen molar-refractivity contribution < 1.29 is 8.42 Å². The first kappa shape index (κ1) is 12.6. The van der Waals surface area contributed by atoms with Crippen molar-refractivity contribution >= 4 is 21.4 Å². The van der Waals surface area contributed by atoms with Crippen LogP contribution in [0.5, 0.6) is 0 Å². The van der Waals surface area contributed by atoms with Crippen LogP contribution < -0.4 is 10.0 Å². The monoisotopic (exact) mass is 249 g/mol. The van der Waals surface area contributed by atoms with E-state index in [9.17, 15) is 8.42 Å². The van der Waals surface area contributed by atoms with Crippen LogP contribution in [0.4, 0.5) is 0 Å². The Bertz CT molecular complexity index is 400. The maximum absolute atomic E-state index is 11.4. The molecule has 0 amide bonds. The lowest BCUT2D eigenvalue weighted by Crippen LogP contribution is -2.30. The van der Waals surface area contributed by atoms with Crippen LogP contribution in [0.25, 0.3) is 0 Å². The van der Waals surface area contributed by atoms with Gasteiger partial charge in [-0.15, -0.1) is 11.3 Å². The van der Waals surface area contributed by atoms with Gasteiger partial charge >= 0.3 is 0 Å². The molecule has 7 heteroatoms. The SMILES string of the molecule is CNCCS(=O)(=O)NCc1scnc1C. The number of rotatable bonds is 6. The molecule has 0 radical (unpaired) electrons. The Balaban J connectivity index is 2.46. The Kier molecular flexibility index (Phi) is 4.65. The molecule has 0 aromatic carbocycles. The number of nitrogens with one attached hydrogen (secondary N) is 2. The first-order chi connectivity index (χ1) is 7.05. The highest BCUT2D eigenvalue weighted by molar-refractivity contribution is 7.89. The molecule has 2 N–H and O–H groups in total. The van der Waals surface area contributed by atoms with Gasteiger partial charge in [0.25, 0.3) is 0 Å². The fourth-order valence-corrected chi connectivity index (χ4v) is 2.77. The van der Waals surface area contributed by atoms with Gasteiger partial charge < -0.3 is 5.32 Å². The zero-order valence-corrected chi connectivity index (χ0v) is 10.4. The molecule has 15 heavy (non-hydrogen) atoms. The van der Waals surface area contributed by atoms with Crippen LogP contribution in [0.15, 0.2) is 5.51 Å². The van der Waals surface area contributed by atoms with Gasteiger partial charge in [0.05, 0.1) is 17.0 Å². The number of hydrogen-bond donors (Lipinski definition) is 2. The second-order valence-electron chi connectivity index (χ2n) is 3.10. The first-order valence-corrected chi connectivity index (χ1v) is 7.09. The topological polar surface area (TPSA) is 71.1 Å². The van der Waals surface area contributed by atoms with Crippen LogP contribution in [0, 0.1) is 6.92 Å². The fourth-order valence-electron chi connectivity index (χ4n) is 0.980. The molecule has 86 valence electrons. The molecule has 1 aromatic heterocycles. The quantitative estimate of drug-likeness (QED) is 0.749. The molecular formula is C8H15N3O2S2. The molecule has 0 unspecified atom stereocenters. The van der Waals surface area contributed by atoms with Crippen LogP contribution in [0.2, 0.25) is 0 Å². The third-order valence-corrected chi connectivity index (χ3v) is 4.18. The van der Waals surface area contributed by atoms with Gasteiger partial charge in [-0.2, -0.15) is 0 Å². The second kappa shape index (κ2) is 5.55. The summed E-state index contributed by atoms with van der Waals surface area (Å²) in [4.78, 5) is 5.01. The zero-order chi connectivity index (χ0) is 11.3. The van der Waals surface area contributed by atoms with E-state index in [0.717, 1.165) is 10.6 Å². The lowest BCUT2D eigenvalue weighted by molar-refractivity contribution is 0.579. The van der Waals surface area contributed by atoms with Crippen molar-refractivity contribution in [2.45, 2.75) is 13.5 Å². The molecular weight excluding hydrogens is 234 g/mol. The predicted molar refractivity (Wildman–Crippen MR) is 61.4 cm³/mol. The summed E-state index contributed by atoms with van der Waals surface area (Å²) in [6, 6.07) is 0. The third kappa shape index (κ3) is 4.25. The van der Waals surface area contributed by atoms with E-state index in [1.165, 1.54) is 11.3 Å². The van der Waals surface area contributed by atoms with E-state index in [0.29, 0.717) is 13.1 Å². The highest BCUT2D eigenvalue weighted by Gasteiger charge is 2.10. The molecule has 0 bridgehead atoms. The summed E-state index contributed by atoms with van der Waals surface area (Å²) >= 11 is 1.46. The van der Waals surface area contributed by atoms with Crippen molar-refractivity contribution in [1.82, 2.24) is 15.0 Å². The predicted octanol–water partition coefficient (Wildman–Crippen LogP) is 0.0903. The summed E-state index contributed by atoms with van der Waals surface area (Å²) in [5.41, 5.74) is 2.60. The van der Waals surface area contributed by atoms with Gasteiger partial charge in [-0.3, -0.25) is 0 Å². The number of hydrogen-bond acceptors (Lipinski definition) is 5. The molecule has 0 saturated heterocycles. The molecule has 0 aliphatic heterocycles. The minimum atomic E-state index is -3.17. The Morgan fingerprint density at radius 2 is 2.27 bits per heavy atom. The van der Waals surface area contributed by atoms with Crippen LogP contribution in [-0.2, 0) is 16.6 Å². The molecule has 1 aromatic rings. The van der Waals surface area contributed by atoms with Gasteiger partial charge in [0, 0.05) is 18.0 Å². The molecule has 0 atom stereocenters. The lowest BCUT2D eigenvalue weighted by atomic mass is 10.4. The maximum Gasteiger partial charge on any atom is 0.213 e. The Morgan fingerprint density at radius 3 is 2.80 bits per heavy atom. The average molecular weight is 249 g/mol. The summed E-state index contributed by atoms with van der Waals surface area (Å²) in [5.74, 6) is 0.0986. The van der Waals surface area contributed by atoms with Crippen molar-refractivity contribution in [3.8, 4) is 0 Å². The molecule has 1 rings (SSSR count). The maximum atomic E-state index is 11.4. The largest absolute Gasteiger partial charge is 0.319 e. The standard InChI is InChI=1S/C8H15N3O2S2/c1-7-8(14-6-10-7)5-11-15(12,13)4-3-9-2/h6,9,11H,3-5H2,1-2H3. The molecule has 1 heterocycles. The molecule has 0 spiro atoms. The fraction of sp³-hybridized carbons (Fsp3) is 0.625. The number of sulfonamides is 1. The second-order valence-corrected chi connectivity index (χ2v) is 5.97. The Morgan fingerprint density at radius 1 is 1.53 bits per heavy atom. The van der Waals surface area contributed by atoms with Crippen LogP contribution in [0.3, 0.4) is 0 Å². The van der Waals surface area contributed by atoms with E-state index in [-0.39, 0.29) is 5.75 Å². The summed E-state index contributed by atoms with van der Waals surface area (Å²) in [6.07, 6.45) is 0. The van der Waals surface area contributed by atoms with E-state index in [2.05, 4.69) is 15.0 Å². The van der Waals surface area contributed by atoms with Crippen molar-refractivity contribution in [2.24, 2.45) is 0 Å². The molecule has 5 nitrogen and oxygen atoms in total. The summed E-state index contributed by atoms with van der Waals surface area (Å²) < 4.78 is 25.4. The number of thiazole rings is 1. The normalized spacial score (nSPS) is 11.9. The third-order valence-electron chi connectivity index (χ3n) is 1.92.